The van der Waals surface area contributed by atoms with Gasteiger partial charge in [-0.3, -0.25) is 4.79 Å². The third-order valence-corrected chi connectivity index (χ3v) is 2.88. The van der Waals surface area contributed by atoms with E-state index in [0.29, 0.717) is 11.5 Å². The largest absolute Gasteiger partial charge is 0.491 e. The number of rotatable bonds is 5. The summed E-state index contributed by atoms with van der Waals surface area (Å²) in [5.74, 6) is 1.09. The Balaban J connectivity index is 1.99. The number of benzene rings is 1. The Bertz CT molecular complexity index is 674. The molecule has 0 saturated heterocycles. The molecular weight excluding hydrogens is 304 g/mol. The number of nitrogens with zero attached hydrogens (tertiary/aromatic N) is 2. The van der Waals surface area contributed by atoms with Crippen molar-refractivity contribution in [3.8, 4) is 5.75 Å². The Morgan fingerprint density at radius 2 is 1.71 bits per heavy atom. The lowest BCUT2D eigenvalue weighted by atomic mass is 10.1. The normalized spacial score (nSPS) is 11.2. The molecule has 0 saturated carbocycles. The number of aromatic nitrogens is 2. The Labute approximate surface area is 142 Å². The lowest BCUT2D eigenvalue weighted by Crippen LogP contribution is -2.27. The van der Waals surface area contributed by atoms with Gasteiger partial charge >= 0.3 is 0 Å². The number of carbonyl (C=O) groups is 1. The van der Waals surface area contributed by atoms with Gasteiger partial charge in [-0.25, -0.2) is 0 Å². The molecule has 2 N–H and O–H groups in total. The fraction of sp³-hybridized carbons (Fsp3) is 0.389. The average molecular weight is 328 g/mol. The highest BCUT2D eigenvalue weighted by Gasteiger charge is 2.12. The first-order valence-electron chi connectivity index (χ1n) is 7.93. The molecular formula is C18H24N4O2. The van der Waals surface area contributed by atoms with Crippen LogP contribution in [0.2, 0.25) is 0 Å². The number of anilines is 2. The highest BCUT2D eigenvalue weighted by Crippen LogP contribution is 2.17. The van der Waals surface area contributed by atoms with Gasteiger partial charge in [0, 0.05) is 11.2 Å². The molecule has 0 bridgehead atoms. The summed E-state index contributed by atoms with van der Waals surface area (Å²) in [6, 6.07) is 10.6. The SMILES string of the molecule is CC(C)Oc1ccc(NC(=O)c2ccc(NC(C)(C)C)nn2)cc1. The molecule has 0 aliphatic heterocycles. The number of nitrogens with one attached hydrogen (secondary N) is 2. The fourth-order valence-corrected chi connectivity index (χ4v) is 1.99. The molecule has 24 heavy (non-hydrogen) atoms. The molecule has 0 spiro atoms. The van der Waals surface area contributed by atoms with E-state index in [4.69, 9.17) is 4.74 Å². The average Bonchev–Trinajstić information content (AvgIpc) is 2.48. The van der Waals surface area contributed by atoms with Gasteiger partial charge < -0.3 is 15.4 Å². The van der Waals surface area contributed by atoms with Gasteiger partial charge in [0.1, 0.15) is 11.6 Å². The number of hydrogen-bond donors (Lipinski definition) is 2. The van der Waals surface area contributed by atoms with Crippen molar-refractivity contribution >= 4 is 17.4 Å². The van der Waals surface area contributed by atoms with Crippen molar-refractivity contribution in [1.82, 2.24) is 10.2 Å². The Hall–Kier alpha value is -2.63. The van der Waals surface area contributed by atoms with Crippen molar-refractivity contribution in [2.75, 3.05) is 10.6 Å². The van der Waals surface area contributed by atoms with Crippen LogP contribution in [0, 0.1) is 0 Å². The van der Waals surface area contributed by atoms with Gasteiger partial charge in [0.25, 0.3) is 5.91 Å². The van der Waals surface area contributed by atoms with Crippen LogP contribution in [-0.2, 0) is 0 Å². The second kappa shape index (κ2) is 7.29. The summed E-state index contributed by atoms with van der Waals surface area (Å²) >= 11 is 0. The van der Waals surface area contributed by atoms with E-state index in [1.165, 1.54) is 0 Å². The van der Waals surface area contributed by atoms with Crippen molar-refractivity contribution in [3.05, 3.63) is 42.1 Å². The van der Waals surface area contributed by atoms with Crippen molar-refractivity contribution in [2.24, 2.45) is 0 Å². The molecule has 0 radical (unpaired) electrons. The van der Waals surface area contributed by atoms with E-state index in [2.05, 4.69) is 20.8 Å². The third-order valence-electron chi connectivity index (χ3n) is 2.88. The Kier molecular flexibility index (Phi) is 5.39. The van der Waals surface area contributed by atoms with Crippen LogP contribution in [0.25, 0.3) is 0 Å². The monoisotopic (exact) mass is 328 g/mol. The molecule has 0 fully saturated rings. The molecule has 0 unspecified atom stereocenters. The van der Waals surface area contributed by atoms with Gasteiger partial charge in [-0.05, 0) is 71.0 Å². The summed E-state index contributed by atoms with van der Waals surface area (Å²) in [6.07, 6.45) is 0.112. The molecule has 6 heteroatoms. The summed E-state index contributed by atoms with van der Waals surface area (Å²) in [6.45, 7) is 10.0. The molecule has 6 nitrogen and oxygen atoms in total. The van der Waals surface area contributed by atoms with Crippen molar-refractivity contribution in [2.45, 2.75) is 46.3 Å². The highest BCUT2D eigenvalue weighted by molar-refractivity contribution is 6.02. The maximum Gasteiger partial charge on any atom is 0.276 e. The van der Waals surface area contributed by atoms with Crippen molar-refractivity contribution in [3.63, 3.8) is 0 Å². The van der Waals surface area contributed by atoms with Crippen LogP contribution < -0.4 is 15.4 Å². The predicted molar refractivity (Wildman–Crippen MR) is 95.6 cm³/mol. The topological polar surface area (TPSA) is 76.1 Å². The van der Waals surface area contributed by atoms with E-state index in [1.807, 2.05) is 46.8 Å². The highest BCUT2D eigenvalue weighted by atomic mass is 16.5. The summed E-state index contributed by atoms with van der Waals surface area (Å²) in [7, 11) is 0. The van der Waals surface area contributed by atoms with E-state index >= 15 is 0 Å². The minimum atomic E-state index is -0.303. The molecule has 2 aromatic rings. The van der Waals surface area contributed by atoms with Gasteiger partial charge in [-0.2, -0.15) is 0 Å². The number of carbonyl (C=O) groups excluding carboxylic acids is 1. The number of amides is 1. The van der Waals surface area contributed by atoms with Gasteiger partial charge in [0.15, 0.2) is 5.69 Å². The van der Waals surface area contributed by atoms with E-state index < -0.39 is 0 Å². The molecule has 0 atom stereocenters. The maximum absolute atomic E-state index is 12.2. The predicted octanol–water partition coefficient (Wildman–Crippen LogP) is 3.73. The first kappa shape index (κ1) is 17.7. The summed E-state index contributed by atoms with van der Waals surface area (Å²) in [5, 5.41) is 14.0. The second-order valence-electron chi connectivity index (χ2n) is 6.82. The molecule has 0 aliphatic carbocycles. The zero-order chi connectivity index (χ0) is 17.7. The van der Waals surface area contributed by atoms with Gasteiger partial charge in [-0.1, -0.05) is 0 Å². The van der Waals surface area contributed by atoms with Crippen LogP contribution in [0.4, 0.5) is 11.5 Å². The van der Waals surface area contributed by atoms with E-state index in [9.17, 15) is 4.79 Å². The molecule has 1 aromatic heterocycles. The molecule has 0 aliphatic rings. The first-order valence-corrected chi connectivity index (χ1v) is 7.93. The zero-order valence-electron chi connectivity index (χ0n) is 14.8. The summed E-state index contributed by atoms with van der Waals surface area (Å²) in [5.41, 5.74) is 0.824. The minimum Gasteiger partial charge on any atom is -0.491 e. The molecule has 1 heterocycles. The lowest BCUT2D eigenvalue weighted by molar-refractivity contribution is 0.102. The van der Waals surface area contributed by atoms with Crippen LogP contribution in [0.5, 0.6) is 5.75 Å². The fourth-order valence-electron chi connectivity index (χ4n) is 1.99. The molecule has 128 valence electrons. The lowest BCUT2D eigenvalue weighted by Gasteiger charge is -2.20. The van der Waals surface area contributed by atoms with Gasteiger partial charge in [-0.15, -0.1) is 10.2 Å². The van der Waals surface area contributed by atoms with Crippen molar-refractivity contribution in [1.29, 1.82) is 0 Å². The van der Waals surface area contributed by atoms with Crippen LogP contribution >= 0.6 is 0 Å². The quantitative estimate of drug-likeness (QED) is 0.874. The smallest absolute Gasteiger partial charge is 0.276 e. The molecule has 1 amide bonds. The standard InChI is InChI=1S/C18H24N4O2/c1-12(2)24-14-8-6-13(7-9-14)19-17(23)15-10-11-16(22-21-15)20-18(3,4)5/h6-12H,1-5H3,(H,19,23)(H,20,22). The number of hydrogen-bond acceptors (Lipinski definition) is 5. The summed E-state index contributed by atoms with van der Waals surface area (Å²) < 4.78 is 5.57. The molecule has 1 aromatic carbocycles. The number of ether oxygens (including phenoxy) is 1. The van der Waals surface area contributed by atoms with Crippen LogP contribution in [0.15, 0.2) is 36.4 Å². The van der Waals surface area contributed by atoms with E-state index in [-0.39, 0.29) is 23.2 Å². The Morgan fingerprint density at radius 3 is 2.21 bits per heavy atom. The third kappa shape index (κ3) is 5.53. The zero-order valence-corrected chi connectivity index (χ0v) is 14.8. The van der Waals surface area contributed by atoms with Crippen LogP contribution in [-0.4, -0.2) is 27.7 Å². The maximum atomic E-state index is 12.2. The van der Waals surface area contributed by atoms with Crippen molar-refractivity contribution < 1.29 is 9.53 Å². The van der Waals surface area contributed by atoms with Gasteiger partial charge in [0.05, 0.1) is 6.10 Å². The van der Waals surface area contributed by atoms with Crippen LogP contribution in [0.3, 0.4) is 0 Å². The van der Waals surface area contributed by atoms with E-state index in [1.54, 1.807) is 24.3 Å². The Morgan fingerprint density at radius 1 is 1.04 bits per heavy atom. The minimum absolute atomic E-state index is 0.112. The second-order valence-corrected chi connectivity index (χ2v) is 6.82. The van der Waals surface area contributed by atoms with Gasteiger partial charge in [0.2, 0.25) is 0 Å². The first-order chi connectivity index (χ1) is 11.2. The summed E-state index contributed by atoms with van der Waals surface area (Å²) in [4.78, 5) is 12.2. The van der Waals surface area contributed by atoms with E-state index in [0.717, 1.165) is 5.75 Å². The van der Waals surface area contributed by atoms with Crippen LogP contribution in [0.1, 0.15) is 45.1 Å². The molecule has 2 rings (SSSR count).